The average Bonchev–Trinajstić information content (AvgIpc) is 3.58. The first kappa shape index (κ1) is 56.1. The van der Waals surface area contributed by atoms with E-state index in [1.807, 2.05) is 0 Å². The molecule has 1 aromatic carbocycles. The van der Waals surface area contributed by atoms with Gasteiger partial charge in [-0.25, -0.2) is 9.59 Å². The number of carbonyl (C=O) groups is 4. The van der Waals surface area contributed by atoms with E-state index in [4.69, 9.17) is 43.6 Å². The predicted octanol–water partition coefficient (Wildman–Crippen LogP) is 6.55. The zero-order valence-corrected chi connectivity index (χ0v) is 43.9. The smallest absolute Gasteiger partial charge is 0.407 e. The average molecular weight is 1010 g/mol. The van der Waals surface area contributed by atoms with Crippen LogP contribution in [-0.4, -0.2) is 133 Å². The number of hydrogen-bond donors (Lipinski definition) is 5. The van der Waals surface area contributed by atoms with Crippen LogP contribution < -0.4 is 15.8 Å². The summed E-state index contributed by atoms with van der Waals surface area (Å²) < 4.78 is 48.6. The van der Waals surface area contributed by atoms with E-state index in [0.29, 0.717) is 44.5 Å². The van der Waals surface area contributed by atoms with Crippen LogP contribution in [-0.2, 0) is 42.7 Å². The Bertz CT molecular complexity index is 2050. The lowest BCUT2D eigenvalue weighted by Crippen LogP contribution is -2.64. The minimum atomic E-state index is -1.69. The number of nitrogens with one attached hydrogen (secondary N) is 1. The van der Waals surface area contributed by atoms with Gasteiger partial charge in [-0.15, -0.1) is 0 Å². The SMILES string of the molecule is COc1ccc(C(=O)OC2C(OC3C(O)COC(O[C@H]4C[C@H]5[C@@H]6CC=C7C[C@@H](OC(=O)NCCCCCCN)CC[C@]7(C)C6CC[C@]5(C)[C@@]4(O)[C@H](C)C(=O)CCC(C)C)C3OC(C)=O)OCC(C)C2O)cc1. The fraction of sp³-hybridized carbons (Fsp3) is 0.782. The Morgan fingerprint density at radius 2 is 1.58 bits per heavy atom. The molecule has 6 N–H and O–H groups in total. The monoisotopic (exact) mass is 1010 g/mol. The fourth-order valence-corrected chi connectivity index (χ4v) is 13.3. The number of fused-ring (bicyclic) bond motifs is 5. The van der Waals surface area contributed by atoms with Gasteiger partial charge >= 0.3 is 18.0 Å². The molecule has 2 heterocycles. The largest absolute Gasteiger partial charge is 0.497 e. The van der Waals surface area contributed by atoms with Crippen molar-refractivity contribution >= 4 is 23.8 Å². The molecule has 0 radical (unpaired) electrons. The molecular weight excluding hydrogens is 929 g/mol. The van der Waals surface area contributed by atoms with Gasteiger partial charge in [0.2, 0.25) is 0 Å². The normalized spacial score (nSPS) is 37.8. The van der Waals surface area contributed by atoms with Gasteiger partial charge in [-0.3, -0.25) is 9.59 Å². The lowest BCUT2D eigenvalue weighted by atomic mass is 9.46. The molecular formula is C55H84N2O15. The maximum atomic E-state index is 14.3. The Balaban J connectivity index is 1.12. The van der Waals surface area contributed by atoms with Crippen molar-refractivity contribution in [2.24, 2.45) is 52.1 Å². The highest BCUT2D eigenvalue weighted by Crippen LogP contribution is 2.69. The van der Waals surface area contributed by atoms with Crippen LogP contribution >= 0.6 is 0 Å². The Labute approximate surface area is 425 Å². The van der Waals surface area contributed by atoms with Crippen LogP contribution in [0.1, 0.15) is 142 Å². The molecule has 2 aliphatic heterocycles. The first-order valence-electron chi connectivity index (χ1n) is 26.8. The Hall–Kier alpha value is -3.68. The van der Waals surface area contributed by atoms with Crippen LogP contribution in [0.15, 0.2) is 35.9 Å². The molecule has 0 aromatic heterocycles. The molecule has 17 nitrogen and oxygen atoms in total. The molecule has 9 unspecified atom stereocenters. The quantitative estimate of drug-likeness (QED) is 0.0403. The topological polar surface area (TPSA) is 241 Å². The van der Waals surface area contributed by atoms with E-state index in [-0.39, 0.29) is 72.3 Å². The van der Waals surface area contributed by atoms with Crippen LogP contribution in [0, 0.1) is 46.3 Å². The zero-order valence-electron chi connectivity index (χ0n) is 43.9. The molecule has 72 heavy (non-hydrogen) atoms. The van der Waals surface area contributed by atoms with Gasteiger partial charge in [0.05, 0.1) is 32.0 Å². The maximum Gasteiger partial charge on any atom is 0.407 e. The summed E-state index contributed by atoms with van der Waals surface area (Å²) in [7, 11) is 1.51. The van der Waals surface area contributed by atoms with E-state index in [2.05, 4.69) is 39.1 Å². The lowest BCUT2D eigenvalue weighted by Gasteiger charge is -2.59. The summed E-state index contributed by atoms with van der Waals surface area (Å²) in [6, 6.07) is 6.26. The number of ketones is 1. The van der Waals surface area contributed by atoms with E-state index >= 15 is 0 Å². The van der Waals surface area contributed by atoms with Crippen LogP contribution in [0.4, 0.5) is 4.79 Å². The number of allylic oxidation sites excluding steroid dienone is 1. The third-order valence-corrected chi connectivity index (χ3v) is 17.7. The Kier molecular flexibility index (Phi) is 18.6. The molecule has 1 amide bonds. The standard InChI is InChI=1S/C55H84N2O15/c1-31(2)13-20-42(59)33(4)55(64)44(28-41-39-19-16-36-27-38(69-52(63)57-26-12-10-9-11-25-56)21-23-53(36,6)40(39)22-24-54(41,55)7)70-51-48(68-34(5)58)46(43(60)30-67-51)72-50-47(45(61)32(3)29-66-50)71-49(62)35-14-17-37(65-8)18-15-35/h14-18,31-33,38-41,43-48,50-51,60-61,64H,9-13,19-30,56H2,1-8H3,(H,57,63)/t32?,33-,38+,39-,40?,41+,43?,44+,45?,46?,47?,48?,50?,51?,53+,54+,55-/m1/s1. The fourth-order valence-electron chi connectivity index (χ4n) is 13.3. The number of aliphatic hydroxyl groups is 3. The van der Waals surface area contributed by atoms with Crippen molar-refractivity contribution in [1.29, 1.82) is 0 Å². The molecule has 4 aliphatic carbocycles. The van der Waals surface area contributed by atoms with Crippen LogP contribution in [0.5, 0.6) is 5.75 Å². The van der Waals surface area contributed by atoms with Crippen LogP contribution in [0.25, 0.3) is 0 Å². The van der Waals surface area contributed by atoms with Crippen molar-refractivity contribution in [1.82, 2.24) is 5.32 Å². The number of unbranched alkanes of at least 4 members (excludes halogenated alkanes) is 3. The van der Waals surface area contributed by atoms with Gasteiger partial charge in [-0.05, 0) is 118 Å². The van der Waals surface area contributed by atoms with Crippen molar-refractivity contribution in [2.45, 2.75) is 193 Å². The summed E-state index contributed by atoms with van der Waals surface area (Å²) in [4.78, 5) is 53.6. The Morgan fingerprint density at radius 3 is 2.28 bits per heavy atom. The number of carbonyl (C=O) groups excluding carboxylic acids is 4. The van der Waals surface area contributed by atoms with Crippen LogP contribution in [0.2, 0.25) is 0 Å². The molecule has 0 bridgehead atoms. The number of rotatable bonds is 20. The van der Waals surface area contributed by atoms with Gasteiger partial charge in [0, 0.05) is 43.6 Å². The highest BCUT2D eigenvalue weighted by Gasteiger charge is 2.70. The summed E-state index contributed by atoms with van der Waals surface area (Å²) in [5, 5.41) is 39.5. The number of hydrogen-bond acceptors (Lipinski definition) is 16. The molecule has 3 saturated carbocycles. The second-order valence-electron chi connectivity index (χ2n) is 22.6. The number of aliphatic hydroxyl groups excluding tert-OH is 2. The summed E-state index contributed by atoms with van der Waals surface area (Å²) in [5.41, 5.74) is 4.50. The zero-order chi connectivity index (χ0) is 52.1. The van der Waals surface area contributed by atoms with Gasteiger partial charge in [0.15, 0.2) is 24.8 Å². The van der Waals surface area contributed by atoms with E-state index in [9.17, 15) is 34.5 Å². The van der Waals surface area contributed by atoms with E-state index in [0.717, 1.165) is 51.4 Å². The molecule has 5 fully saturated rings. The number of ether oxygens (including phenoxy) is 8. The minimum absolute atomic E-state index is 0.0254. The van der Waals surface area contributed by atoms with Crippen molar-refractivity contribution in [2.75, 3.05) is 33.4 Å². The third kappa shape index (κ3) is 11.7. The third-order valence-electron chi connectivity index (χ3n) is 17.7. The highest BCUT2D eigenvalue weighted by molar-refractivity contribution is 5.89. The Morgan fingerprint density at radius 1 is 0.875 bits per heavy atom. The second-order valence-corrected chi connectivity index (χ2v) is 22.6. The van der Waals surface area contributed by atoms with Crippen molar-refractivity contribution in [3.63, 3.8) is 0 Å². The number of Topliss-reactive ketones (excluding diaryl/α,β-unsaturated/α-hetero) is 1. The summed E-state index contributed by atoms with van der Waals surface area (Å²) in [5.74, 6) is -1.72. The summed E-state index contributed by atoms with van der Waals surface area (Å²) in [6.45, 7) is 14.3. The number of methoxy groups -OCH3 is 1. The van der Waals surface area contributed by atoms with Gasteiger partial charge < -0.3 is 64.3 Å². The summed E-state index contributed by atoms with van der Waals surface area (Å²) >= 11 is 0. The highest BCUT2D eigenvalue weighted by atomic mass is 16.7. The van der Waals surface area contributed by atoms with Gasteiger partial charge in [0.1, 0.15) is 41.5 Å². The van der Waals surface area contributed by atoms with Gasteiger partial charge in [-0.1, -0.05) is 66.0 Å². The number of alkyl carbamates (subject to hydrolysis) is 1. The number of nitrogens with two attached hydrogens (primary N) is 1. The van der Waals surface area contributed by atoms with Gasteiger partial charge in [-0.2, -0.15) is 0 Å². The van der Waals surface area contributed by atoms with Gasteiger partial charge in [0.25, 0.3) is 0 Å². The molecule has 7 rings (SSSR count). The van der Waals surface area contributed by atoms with E-state index < -0.39 is 84.0 Å². The molecule has 17 atom stereocenters. The first-order chi connectivity index (χ1) is 34.2. The molecule has 1 aromatic rings. The number of esters is 2. The predicted molar refractivity (Wildman–Crippen MR) is 264 cm³/mol. The van der Waals surface area contributed by atoms with E-state index in [1.165, 1.54) is 31.7 Å². The van der Waals surface area contributed by atoms with Crippen molar-refractivity contribution in [3.05, 3.63) is 41.5 Å². The van der Waals surface area contributed by atoms with Crippen molar-refractivity contribution in [3.8, 4) is 5.75 Å². The second kappa shape index (κ2) is 23.9. The maximum absolute atomic E-state index is 14.3. The molecule has 404 valence electrons. The first-order valence-corrected chi connectivity index (χ1v) is 26.8. The lowest BCUT2D eigenvalue weighted by molar-refractivity contribution is -0.342. The molecule has 0 spiro atoms. The number of benzene rings is 1. The minimum Gasteiger partial charge on any atom is -0.497 e. The van der Waals surface area contributed by atoms with Crippen molar-refractivity contribution < 1.29 is 72.4 Å². The van der Waals surface area contributed by atoms with Crippen LogP contribution in [0.3, 0.4) is 0 Å². The van der Waals surface area contributed by atoms with E-state index in [1.54, 1.807) is 26.0 Å². The molecule has 2 saturated heterocycles. The molecule has 6 aliphatic rings. The number of amides is 1. The molecule has 17 heteroatoms. The summed E-state index contributed by atoms with van der Waals surface area (Å²) in [6.07, 6.45) is 0.865.